The lowest BCUT2D eigenvalue weighted by Crippen LogP contribution is -2.21. The molecule has 13 heavy (non-hydrogen) atoms. The zero-order chi connectivity index (χ0) is 9.68. The second-order valence-electron chi connectivity index (χ2n) is 3.07. The van der Waals surface area contributed by atoms with Gasteiger partial charge in [-0.05, 0) is 19.3 Å². The summed E-state index contributed by atoms with van der Waals surface area (Å²) in [6.45, 7) is 0.827. The van der Waals surface area contributed by atoms with Crippen molar-refractivity contribution < 1.29 is 4.79 Å². The van der Waals surface area contributed by atoms with Crippen molar-refractivity contribution in [3.8, 4) is 6.07 Å². The van der Waals surface area contributed by atoms with Gasteiger partial charge in [0.25, 0.3) is 5.91 Å². The molecule has 0 saturated carbocycles. The molecule has 3 N–H and O–H groups in total. The van der Waals surface area contributed by atoms with Gasteiger partial charge in [-0.3, -0.25) is 4.79 Å². The van der Waals surface area contributed by atoms with Gasteiger partial charge in [-0.25, -0.2) is 0 Å². The molecule has 4 heteroatoms. The SMILES string of the molecule is N#CC(C(N)=O)=C1CCCCCN1. The number of carbonyl (C=O) groups excluding carboxylic acids is 1. The fourth-order valence-corrected chi connectivity index (χ4v) is 1.42. The van der Waals surface area contributed by atoms with E-state index in [0.717, 1.165) is 32.2 Å². The van der Waals surface area contributed by atoms with Gasteiger partial charge >= 0.3 is 0 Å². The first kappa shape index (κ1) is 9.59. The standard InChI is InChI=1S/C9H13N3O/c10-6-7(9(11)13)8-4-2-1-3-5-12-8/h12H,1-5H2,(H2,11,13). The number of nitrogens with one attached hydrogen (secondary N) is 1. The molecule has 70 valence electrons. The third-order valence-corrected chi connectivity index (χ3v) is 2.10. The van der Waals surface area contributed by atoms with Gasteiger partial charge in [0.1, 0.15) is 11.6 Å². The number of nitrogens with two attached hydrogens (primary N) is 1. The summed E-state index contributed by atoms with van der Waals surface area (Å²) in [7, 11) is 0. The highest BCUT2D eigenvalue weighted by atomic mass is 16.1. The maximum absolute atomic E-state index is 10.8. The van der Waals surface area contributed by atoms with Crippen LogP contribution in [0.4, 0.5) is 0 Å². The molecule has 1 saturated heterocycles. The molecule has 0 radical (unpaired) electrons. The van der Waals surface area contributed by atoms with Gasteiger partial charge < -0.3 is 11.1 Å². The van der Waals surface area contributed by atoms with Crippen LogP contribution in [0.15, 0.2) is 11.3 Å². The van der Waals surface area contributed by atoms with Crippen LogP contribution >= 0.6 is 0 Å². The van der Waals surface area contributed by atoms with Crippen molar-refractivity contribution in [1.29, 1.82) is 5.26 Å². The fourth-order valence-electron chi connectivity index (χ4n) is 1.42. The Morgan fingerprint density at radius 2 is 2.23 bits per heavy atom. The largest absolute Gasteiger partial charge is 0.387 e. The Morgan fingerprint density at radius 3 is 2.85 bits per heavy atom. The third kappa shape index (κ3) is 2.48. The highest BCUT2D eigenvalue weighted by Crippen LogP contribution is 2.14. The summed E-state index contributed by atoms with van der Waals surface area (Å²) >= 11 is 0. The van der Waals surface area contributed by atoms with Crippen LogP contribution in [0.2, 0.25) is 0 Å². The molecule has 1 rings (SSSR count). The highest BCUT2D eigenvalue weighted by molar-refractivity contribution is 5.96. The van der Waals surface area contributed by atoms with Crippen LogP contribution in [0, 0.1) is 11.3 Å². The number of hydrogen-bond acceptors (Lipinski definition) is 3. The summed E-state index contributed by atoms with van der Waals surface area (Å²) in [4.78, 5) is 10.8. The van der Waals surface area contributed by atoms with E-state index in [-0.39, 0.29) is 5.57 Å². The van der Waals surface area contributed by atoms with Crippen LogP contribution in [0.3, 0.4) is 0 Å². The number of amides is 1. The molecule has 1 aliphatic heterocycles. The number of primary amides is 1. The van der Waals surface area contributed by atoms with Crippen molar-refractivity contribution in [1.82, 2.24) is 5.32 Å². The Labute approximate surface area is 77.4 Å². The van der Waals surface area contributed by atoms with Gasteiger partial charge in [-0.2, -0.15) is 5.26 Å². The molecule has 0 aliphatic carbocycles. The van der Waals surface area contributed by atoms with Crippen molar-refractivity contribution in [2.45, 2.75) is 25.7 Å². The zero-order valence-electron chi connectivity index (χ0n) is 7.47. The van der Waals surface area contributed by atoms with E-state index in [2.05, 4.69) is 5.32 Å². The van der Waals surface area contributed by atoms with E-state index in [4.69, 9.17) is 11.0 Å². The third-order valence-electron chi connectivity index (χ3n) is 2.10. The lowest BCUT2D eigenvalue weighted by Gasteiger charge is -2.06. The number of hydrogen-bond donors (Lipinski definition) is 2. The number of nitrogens with zero attached hydrogens (tertiary/aromatic N) is 1. The molecule has 4 nitrogen and oxygen atoms in total. The Bertz CT molecular complexity index is 265. The molecule has 1 amide bonds. The van der Waals surface area contributed by atoms with E-state index in [0.29, 0.717) is 5.70 Å². The molecular weight excluding hydrogens is 166 g/mol. The second kappa shape index (κ2) is 4.51. The van der Waals surface area contributed by atoms with Crippen LogP contribution in [0.1, 0.15) is 25.7 Å². The summed E-state index contributed by atoms with van der Waals surface area (Å²) in [5, 5.41) is 11.8. The Kier molecular flexibility index (Phi) is 3.32. The average molecular weight is 179 g/mol. The molecule has 0 spiro atoms. The number of nitriles is 1. The van der Waals surface area contributed by atoms with Crippen molar-refractivity contribution in [3.05, 3.63) is 11.3 Å². The number of allylic oxidation sites excluding steroid dienone is 1. The molecule has 0 atom stereocenters. The van der Waals surface area contributed by atoms with Crippen LogP contribution < -0.4 is 11.1 Å². The van der Waals surface area contributed by atoms with E-state index in [1.807, 2.05) is 6.07 Å². The first-order valence-electron chi connectivity index (χ1n) is 4.42. The lowest BCUT2D eigenvalue weighted by molar-refractivity contribution is -0.114. The van der Waals surface area contributed by atoms with Crippen LogP contribution in [-0.2, 0) is 4.79 Å². The monoisotopic (exact) mass is 179 g/mol. The minimum absolute atomic E-state index is 0.0851. The van der Waals surface area contributed by atoms with E-state index in [1.54, 1.807) is 0 Å². The topological polar surface area (TPSA) is 78.9 Å². The molecule has 1 fully saturated rings. The number of rotatable bonds is 1. The lowest BCUT2D eigenvalue weighted by atomic mass is 10.1. The van der Waals surface area contributed by atoms with Crippen molar-refractivity contribution >= 4 is 5.91 Å². The Balaban J connectivity index is 2.85. The van der Waals surface area contributed by atoms with Crippen LogP contribution in [-0.4, -0.2) is 12.5 Å². The van der Waals surface area contributed by atoms with Gasteiger partial charge in [0, 0.05) is 12.2 Å². The van der Waals surface area contributed by atoms with Crippen molar-refractivity contribution in [2.75, 3.05) is 6.54 Å². The summed E-state index contributed by atoms with van der Waals surface area (Å²) in [5.41, 5.74) is 5.87. The molecule has 1 aliphatic rings. The predicted octanol–water partition coefficient (Wildman–Crippen LogP) is 0.413. The predicted molar refractivity (Wildman–Crippen MR) is 48.3 cm³/mol. The van der Waals surface area contributed by atoms with E-state index < -0.39 is 5.91 Å². The van der Waals surface area contributed by atoms with Gasteiger partial charge in [0.2, 0.25) is 0 Å². The zero-order valence-corrected chi connectivity index (χ0v) is 7.47. The van der Waals surface area contributed by atoms with Gasteiger partial charge in [-0.15, -0.1) is 0 Å². The summed E-state index contributed by atoms with van der Waals surface area (Å²) in [5.74, 6) is -0.632. The maximum Gasteiger partial charge on any atom is 0.261 e. The van der Waals surface area contributed by atoms with E-state index in [9.17, 15) is 4.79 Å². The minimum Gasteiger partial charge on any atom is -0.387 e. The minimum atomic E-state index is -0.632. The van der Waals surface area contributed by atoms with Crippen molar-refractivity contribution in [3.63, 3.8) is 0 Å². The highest BCUT2D eigenvalue weighted by Gasteiger charge is 2.13. The van der Waals surface area contributed by atoms with Crippen LogP contribution in [0.5, 0.6) is 0 Å². The fraction of sp³-hybridized carbons (Fsp3) is 0.556. The van der Waals surface area contributed by atoms with Crippen LogP contribution in [0.25, 0.3) is 0 Å². The van der Waals surface area contributed by atoms with Crippen molar-refractivity contribution in [2.24, 2.45) is 5.73 Å². The van der Waals surface area contributed by atoms with Gasteiger partial charge in [0.15, 0.2) is 0 Å². The molecule has 0 aromatic carbocycles. The normalized spacial score (nSPS) is 20.8. The molecule has 0 bridgehead atoms. The molecule has 0 unspecified atom stereocenters. The quantitative estimate of drug-likeness (QED) is 0.452. The number of carbonyl (C=O) groups is 1. The second-order valence-corrected chi connectivity index (χ2v) is 3.07. The van der Waals surface area contributed by atoms with E-state index >= 15 is 0 Å². The Morgan fingerprint density at radius 1 is 1.46 bits per heavy atom. The molecule has 1 heterocycles. The van der Waals surface area contributed by atoms with E-state index in [1.165, 1.54) is 0 Å². The Hall–Kier alpha value is -1.50. The summed E-state index contributed by atoms with van der Waals surface area (Å²) in [6.07, 6.45) is 3.99. The molecular formula is C9H13N3O. The molecule has 0 aromatic rings. The first-order chi connectivity index (χ1) is 6.25. The smallest absolute Gasteiger partial charge is 0.261 e. The first-order valence-corrected chi connectivity index (χ1v) is 4.42. The molecule has 0 aromatic heterocycles. The maximum atomic E-state index is 10.8. The summed E-state index contributed by atoms with van der Waals surface area (Å²) in [6, 6.07) is 1.84. The summed E-state index contributed by atoms with van der Waals surface area (Å²) < 4.78 is 0. The average Bonchev–Trinajstić information content (AvgIpc) is 2.33. The van der Waals surface area contributed by atoms with Gasteiger partial charge in [0.05, 0.1) is 0 Å². The van der Waals surface area contributed by atoms with Gasteiger partial charge in [-0.1, -0.05) is 6.42 Å².